The first-order chi connectivity index (χ1) is 6.66. The number of para-hydroxylation sites is 1. The molecule has 0 aliphatic carbocycles. The zero-order chi connectivity index (χ0) is 10.3. The van der Waals surface area contributed by atoms with Gasteiger partial charge < -0.3 is 10.3 Å². The molecule has 0 amide bonds. The molecule has 0 aliphatic rings. The van der Waals surface area contributed by atoms with Crippen LogP contribution < -0.4 is 5.73 Å². The minimum atomic E-state index is 0.571. The van der Waals surface area contributed by atoms with E-state index in [-0.39, 0.29) is 0 Å². The van der Waals surface area contributed by atoms with E-state index in [1.807, 2.05) is 0 Å². The third-order valence-electron chi connectivity index (χ3n) is 2.65. The Bertz CT molecular complexity index is 485. The van der Waals surface area contributed by atoms with E-state index in [0.29, 0.717) is 6.54 Å². The first-order valence-corrected chi connectivity index (χ1v) is 5.38. The maximum absolute atomic E-state index is 5.74. The molecule has 2 rings (SSSR count). The van der Waals surface area contributed by atoms with Gasteiger partial charge in [0.15, 0.2) is 0 Å². The van der Waals surface area contributed by atoms with Crippen molar-refractivity contribution >= 4 is 26.8 Å². The highest BCUT2D eigenvalue weighted by atomic mass is 79.9. The van der Waals surface area contributed by atoms with Crippen molar-refractivity contribution in [1.29, 1.82) is 0 Å². The second-order valence-electron chi connectivity index (χ2n) is 3.50. The largest absolute Gasteiger partial charge is 0.338 e. The van der Waals surface area contributed by atoms with Gasteiger partial charge in [-0.15, -0.1) is 0 Å². The van der Waals surface area contributed by atoms with Gasteiger partial charge in [0.05, 0.1) is 10.1 Å². The highest BCUT2D eigenvalue weighted by Gasteiger charge is 2.12. The molecule has 0 saturated carbocycles. The number of aryl methyl sites for hydroxylation is 2. The van der Waals surface area contributed by atoms with Crippen LogP contribution in [-0.2, 0) is 13.6 Å². The fraction of sp³-hybridized carbons (Fsp3) is 0.273. The van der Waals surface area contributed by atoms with Crippen LogP contribution in [0.3, 0.4) is 0 Å². The number of hydrogen-bond donors (Lipinski definition) is 1. The van der Waals surface area contributed by atoms with Crippen molar-refractivity contribution < 1.29 is 0 Å². The zero-order valence-corrected chi connectivity index (χ0v) is 9.93. The molecule has 0 saturated heterocycles. The van der Waals surface area contributed by atoms with Crippen LogP contribution in [0.15, 0.2) is 22.8 Å². The van der Waals surface area contributed by atoms with Crippen molar-refractivity contribution in [2.24, 2.45) is 12.8 Å². The predicted octanol–water partition coefficient (Wildman–Crippen LogP) is 2.71. The van der Waals surface area contributed by atoms with Gasteiger partial charge in [0, 0.05) is 24.5 Å². The Morgan fingerprint density at radius 2 is 2.14 bits per heavy atom. The van der Waals surface area contributed by atoms with Crippen LogP contribution in [0.25, 0.3) is 10.9 Å². The van der Waals surface area contributed by atoms with Crippen molar-refractivity contribution in [3.05, 3.63) is 33.9 Å². The van der Waals surface area contributed by atoms with E-state index in [0.717, 1.165) is 4.60 Å². The second kappa shape index (κ2) is 3.41. The first kappa shape index (κ1) is 9.74. The van der Waals surface area contributed by atoms with Gasteiger partial charge in [-0.2, -0.15) is 0 Å². The smallest absolute Gasteiger partial charge is 0.0900 e. The molecule has 74 valence electrons. The molecule has 0 atom stereocenters. The lowest BCUT2D eigenvalue weighted by Gasteiger charge is -2.00. The number of halogens is 1. The quantitative estimate of drug-likeness (QED) is 0.832. The fourth-order valence-corrected chi connectivity index (χ4v) is 2.51. The monoisotopic (exact) mass is 252 g/mol. The Labute approximate surface area is 91.8 Å². The average molecular weight is 253 g/mol. The van der Waals surface area contributed by atoms with Gasteiger partial charge in [-0.1, -0.05) is 18.2 Å². The van der Waals surface area contributed by atoms with E-state index >= 15 is 0 Å². The molecule has 14 heavy (non-hydrogen) atoms. The number of nitrogens with zero attached hydrogens (tertiary/aromatic N) is 1. The molecular weight excluding hydrogens is 240 g/mol. The molecule has 1 heterocycles. The van der Waals surface area contributed by atoms with Gasteiger partial charge >= 0.3 is 0 Å². The third-order valence-corrected chi connectivity index (χ3v) is 3.66. The van der Waals surface area contributed by atoms with E-state index in [4.69, 9.17) is 5.73 Å². The minimum Gasteiger partial charge on any atom is -0.338 e. The van der Waals surface area contributed by atoms with Crippen molar-refractivity contribution in [2.45, 2.75) is 13.5 Å². The summed E-state index contributed by atoms with van der Waals surface area (Å²) in [5, 5.41) is 1.25. The van der Waals surface area contributed by atoms with Crippen LogP contribution >= 0.6 is 15.9 Å². The molecule has 1 aromatic heterocycles. The Balaban J connectivity index is 2.95. The van der Waals surface area contributed by atoms with Gasteiger partial charge in [0.1, 0.15) is 0 Å². The van der Waals surface area contributed by atoms with Gasteiger partial charge in [-0.05, 0) is 28.4 Å². The molecule has 2 aromatic rings. The van der Waals surface area contributed by atoms with Crippen LogP contribution in [0.2, 0.25) is 0 Å². The number of fused-ring (bicyclic) bond motifs is 1. The lowest BCUT2D eigenvalue weighted by atomic mass is 10.1. The zero-order valence-electron chi connectivity index (χ0n) is 8.34. The van der Waals surface area contributed by atoms with Gasteiger partial charge in [0.2, 0.25) is 0 Å². The summed E-state index contributed by atoms with van der Waals surface area (Å²) in [6.45, 7) is 2.69. The Morgan fingerprint density at radius 3 is 2.79 bits per heavy atom. The lowest BCUT2D eigenvalue weighted by molar-refractivity contribution is 0.914. The van der Waals surface area contributed by atoms with Crippen LogP contribution in [0, 0.1) is 6.92 Å². The van der Waals surface area contributed by atoms with Crippen molar-refractivity contribution in [3.63, 3.8) is 0 Å². The second-order valence-corrected chi connectivity index (χ2v) is 4.25. The maximum Gasteiger partial charge on any atom is 0.0900 e. The summed E-state index contributed by atoms with van der Waals surface area (Å²) in [5.41, 5.74) is 9.47. The Hall–Kier alpha value is -0.800. The summed E-state index contributed by atoms with van der Waals surface area (Å²) in [5.74, 6) is 0. The van der Waals surface area contributed by atoms with E-state index < -0.39 is 0 Å². The molecule has 2 nitrogen and oxygen atoms in total. The molecule has 0 radical (unpaired) electrons. The summed E-state index contributed by atoms with van der Waals surface area (Å²) in [4.78, 5) is 0. The van der Waals surface area contributed by atoms with E-state index in [1.54, 1.807) is 0 Å². The van der Waals surface area contributed by atoms with Crippen molar-refractivity contribution in [3.8, 4) is 0 Å². The van der Waals surface area contributed by atoms with Gasteiger partial charge in [-0.25, -0.2) is 0 Å². The number of aromatic nitrogens is 1. The van der Waals surface area contributed by atoms with E-state index in [1.165, 1.54) is 22.0 Å². The maximum atomic E-state index is 5.74. The summed E-state index contributed by atoms with van der Waals surface area (Å²) in [6, 6.07) is 6.31. The highest BCUT2D eigenvalue weighted by molar-refractivity contribution is 9.10. The predicted molar refractivity (Wildman–Crippen MR) is 63.2 cm³/mol. The summed E-state index contributed by atoms with van der Waals surface area (Å²) < 4.78 is 3.23. The molecule has 2 N–H and O–H groups in total. The fourth-order valence-electron chi connectivity index (χ4n) is 1.95. The molecule has 0 fully saturated rings. The molecule has 0 bridgehead atoms. The van der Waals surface area contributed by atoms with Gasteiger partial charge in [-0.3, -0.25) is 0 Å². The molecule has 1 aromatic carbocycles. The number of benzene rings is 1. The van der Waals surface area contributed by atoms with Crippen LogP contribution in [0.1, 0.15) is 11.1 Å². The van der Waals surface area contributed by atoms with Crippen LogP contribution in [0.4, 0.5) is 0 Å². The van der Waals surface area contributed by atoms with E-state index in [2.05, 4.69) is 52.7 Å². The molecule has 0 spiro atoms. The third kappa shape index (κ3) is 1.20. The van der Waals surface area contributed by atoms with E-state index in [9.17, 15) is 0 Å². The summed E-state index contributed by atoms with van der Waals surface area (Å²) >= 11 is 3.57. The standard InChI is InChI=1S/C11H13BrN2/c1-7-4-3-5-8-9(6-13)11(12)14(2)10(7)8/h3-5H,6,13H2,1-2H3. The SMILES string of the molecule is Cc1cccc2c(CN)c(Br)n(C)c12. The van der Waals surface area contributed by atoms with Crippen molar-refractivity contribution in [2.75, 3.05) is 0 Å². The number of nitrogens with two attached hydrogens (primary N) is 1. The number of rotatable bonds is 1. The van der Waals surface area contributed by atoms with Crippen LogP contribution in [-0.4, -0.2) is 4.57 Å². The van der Waals surface area contributed by atoms with Crippen LogP contribution in [0.5, 0.6) is 0 Å². The highest BCUT2D eigenvalue weighted by Crippen LogP contribution is 2.30. The normalized spacial score (nSPS) is 11.1. The van der Waals surface area contributed by atoms with Gasteiger partial charge in [0.25, 0.3) is 0 Å². The molecule has 0 aliphatic heterocycles. The molecular formula is C11H13BrN2. The Kier molecular flexibility index (Phi) is 2.37. The summed E-state index contributed by atoms with van der Waals surface area (Å²) in [6.07, 6.45) is 0. The molecule has 3 heteroatoms. The number of hydrogen-bond acceptors (Lipinski definition) is 1. The average Bonchev–Trinajstić information content (AvgIpc) is 2.41. The summed E-state index contributed by atoms with van der Waals surface area (Å²) in [7, 11) is 2.05. The topological polar surface area (TPSA) is 30.9 Å². The van der Waals surface area contributed by atoms with Crippen molar-refractivity contribution in [1.82, 2.24) is 4.57 Å². The lowest BCUT2D eigenvalue weighted by Crippen LogP contribution is -1.96. The minimum absolute atomic E-state index is 0.571. The Morgan fingerprint density at radius 1 is 1.43 bits per heavy atom. The first-order valence-electron chi connectivity index (χ1n) is 4.59. The molecule has 0 unspecified atom stereocenters.